The molecule has 0 fully saturated rings. The zero-order valence-electron chi connectivity index (χ0n) is 12.7. The molecule has 116 valence electrons. The monoisotopic (exact) mass is 326 g/mol. The highest BCUT2D eigenvalue weighted by Gasteiger charge is 2.18. The van der Waals surface area contributed by atoms with Crippen LogP contribution < -0.4 is 4.74 Å². The number of rotatable bonds is 4. The molecule has 0 spiro atoms. The predicted octanol–water partition coefficient (Wildman–Crippen LogP) is 3.82. The first-order valence-corrected chi connectivity index (χ1v) is 8.08. The molecule has 6 nitrogen and oxygen atoms in total. The lowest BCUT2D eigenvalue weighted by atomic mass is 10.2. The fraction of sp³-hybridized carbons (Fsp3) is 0.188. The van der Waals surface area contributed by atoms with Crippen LogP contribution in [0.3, 0.4) is 0 Å². The lowest BCUT2D eigenvalue weighted by Crippen LogP contribution is -1.95. The van der Waals surface area contributed by atoms with Crippen LogP contribution >= 0.6 is 11.3 Å². The number of aryl methyl sites for hydroxylation is 1. The molecule has 0 radical (unpaired) electrons. The van der Waals surface area contributed by atoms with E-state index >= 15 is 0 Å². The molecule has 0 saturated heterocycles. The van der Waals surface area contributed by atoms with Crippen LogP contribution in [0.4, 0.5) is 0 Å². The third kappa shape index (κ3) is 2.29. The van der Waals surface area contributed by atoms with Gasteiger partial charge in [0.1, 0.15) is 11.5 Å². The highest BCUT2D eigenvalue weighted by Crippen LogP contribution is 2.34. The van der Waals surface area contributed by atoms with Crippen molar-refractivity contribution in [3.05, 3.63) is 42.4 Å². The standard InChI is InChI=1S/C16H14N4O2S/c1-3-21-13-7-5-4-6-12(13)15-19-20-14(17-18-16(20)23-15)11-8-9-22-10(11)2/h4-9H,3H2,1-2H3. The Balaban J connectivity index is 1.85. The molecule has 23 heavy (non-hydrogen) atoms. The minimum atomic E-state index is 0.612. The van der Waals surface area contributed by atoms with E-state index in [9.17, 15) is 0 Å². The van der Waals surface area contributed by atoms with E-state index in [4.69, 9.17) is 9.15 Å². The molecule has 0 unspecified atom stereocenters. The Morgan fingerprint density at radius 2 is 2.04 bits per heavy atom. The first kappa shape index (κ1) is 14.0. The Labute approximate surface area is 136 Å². The van der Waals surface area contributed by atoms with Crippen LogP contribution in [0, 0.1) is 6.92 Å². The molecule has 0 aliphatic heterocycles. The van der Waals surface area contributed by atoms with Gasteiger partial charge in [0.25, 0.3) is 0 Å². The maximum absolute atomic E-state index is 5.69. The zero-order valence-corrected chi connectivity index (χ0v) is 13.5. The summed E-state index contributed by atoms with van der Waals surface area (Å²) in [5, 5.41) is 14.0. The molecule has 0 aliphatic carbocycles. The van der Waals surface area contributed by atoms with Crippen molar-refractivity contribution in [2.45, 2.75) is 13.8 Å². The number of fused-ring (bicyclic) bond motifs is 1. The van der Waals surface area contributed by atoms with Crippen LogP contribution in [0.25, 0.3) is 26.9 Å². The molecule has 0 aliphatic rings. The van der Waals surface area contributed by atoms with Gasteiger partial charge in [-0.3, -0.25) is 0 Å². The summed E-state index contributed by atoms with van der Waals surface area (Å²) in [6.07, 6.45) is 1.64. The average Bonchev–Trinajstić information content (AvgIpc) is 3.23. The molecule has 0 bridgehead atoms. The molecule has 0 atom stereocenters. The highest BCUT2D eigenvalue weighted by molar-refractivity contribution is 7.19. The Kier molecular flexibility index (Phi) is 3.34. The van der Waals surface area contributed by atoms with Crippen molar-refractivity contribution in [1.82, 2.24) is 19.8 Å². The summed E-state index contributed by atoms with van der Waals surface area (Å²) < 4.78 is 12.8. The Bertz CT molecular complexity index is 969. The Morgan fingerprint density at radius 1 is 1.17 bits per heavy atom. The third-order valence-electron chi connectivity index (χ3n) is 3.51. The van der Waals surface area contributed by atoms with E-state index in [1.54, 1.807) is 10.8 Å². The number of nitrogens with zero attached hydrogens (tertiary/aromatic N) is 4. The number of aromatic nitrogens is 4. The van der Waals surface area contributed by atoms with Gasteiger partial charge in [-0.25, -0.2) is 0 Å². The van der Waals surface area contributed by atoms with E-state index in [-0.39, 0.29) is 0 Å². The number of hydrogen-bond acceptors (Lipinski definition) is 6. The lowest BCUT2D eigenvalue weighted by Gasteiger charge is -2.06. The van der Waals surface area contributed by atoms with Gasteiger partial charge in [0, 0.05) is 0 Å². The predicted molar refractivity (Wildman–Crippen MR) is 87.7 cm³/mol. The summed E-state index contributed by atoms with van der Waals surface area (Å²) in [5.74, 6) is 2.30. The molecule has 0 amide bonds. The van der Waals surface area contributed by atoms with Gasteiger partial charge < -0.3 is 9.15 Å². The maximum Gasteiger partial charge on any atom is 0.235 e. The zero-order chi connectivity index (χ0) is 15.8. The SMILES string of the molecule is CCOc1ccccc1-c1nn2c(-c3ccoc3C)nnc2s1. The number of furan rings is 1. The summed E-state index contributed by atoms with van der Waals surface area (Å²) in [5.41, 5.74) is 1.85. The van der Waals surface area contributed by atoms with Crippen LogP contribution in [0.5, 0.6) is 5.75 Å². The van der Waals surface area contributed by atoms with Gasteiger partial charge in [0.15, 0.2) is 10.8 Å². The van der Waals surface area contributed by atoms with Crippen molar-refractivity contribution in [3.8, 4) is 27.7 Å². The summed E-state index contributed by atoms with van der Waals surface area (Å²) >= 11 is 1.48. The van der Waals surface area contributed by atoms with E-state index in [0.717, 1.165) is 32.6 Å². The normalized spacial score (nSPS) is 11.2. The van der Waals surface area contributed by atoms with E-state index in [0.29, 0.717) is 12.4 Å². The first-order chi connectivity index (χ1) is 11.3. The topological polar surface area (TPSA) is 65.5 Å². The van der Waals surface area contributed by atoms with Crippen LogP contribution in [0.1, 0.15) is 12.7 Å². The molecule has 7 heteroatoms. The van der Waals surface area contributed by atoms with E-state index < -0.39 is 0 Å². The van der Waals surface area contributed by atoms with Crippen LogP contribution in [0.2, 0.25) is 0 Å². The molecular formula is C16H14N4O2S. The highest BCUT2D eigenvalue weighted by atomic mass is 32.1. The number of benzene rings is 1. The molecule has 1 aromatic carbocycles. The van der Waals surface area contributed by atoms with Crippen LogP contribution in [-0.2, 0) is 0 Å². The average molecular weight is 326 g/mol. The first-order valence-electron chi connectivity index (χ1n) is 7.27. The van der Waals surface area contributed by atoms with Gasteiger partial charge >= 0.3 is 0 Å². The van der Waals surface area contributed by atoms with E-state index in [2.05, 4.69) is 15.3 Å². The quantitative estimate of drug-likeness (QED) is 0.570. The largest absolute Gasteiger partial charge is 0.493 e. The summed E-state index contributed by atoms with van der Waals surface area (Å²) in [6.45, 7) is 4.48. The van der Waals surface area contributed by atoms with Gasteiger partial charge in [-0.2, -0.15) is 9.61 Å². The molecular weight excluding hydrogens is 312 g/mol. The van der Waals surface area contributed by atoms with Crippen molar-refractivity contribution in [3.63, 3.8) is 0 Å². The second-order valence-corrected chi connectivity index (χ2v) is 5.90. The van der Waals surface area contributed by atoms with Gasteiger partial charge in [-0.1, -0.05) is 23.5 Å². The molecule has 4 rings (SSSR count). The minimum absolute atomic E-state index is 0.612. The van der Waals surface area contributed by atoms with Crippen molar-refractivity contribution in [1.29, 1.82) is 0 Å². The molecule has 0 saturated carbocycles. The second-order valence-electron chi connectivity index (χ2n) is 4.94. The molecule has 4 aromatic rings. The molecule has 3 heterocycles. The van der Waals surface area contributed by atoms with E-state index in [1.807, 2.05) is 44.2 Å². The molecule has 0 N–H and O–H groups in total. The fourth-order valence-electron chi connectivity index (χ4n) is 2.44. The Hall–Kier alpha value is -2.67. The lowest BCUT2D eigenvalue weighted by molar-refractivity contribution is 0.341. The van der Waals surface area contributed by atoms with Crippen molar-refractivity contribution in [2.24, 2.45) is 0 Å². The second kappa shape index (κ2) is 5.51. The number of para-hydroxylation sites is 1. The van der Waals surface area contributed by atoms with Crippen molar-refractivity contribution in [2.75, 3.05) is 6.61 Å². The summed E-state index contributed by atoms with van der Waals surface area (Å²) in [7, 11) is 0. The fourth-order valence-corrected chi connectivity index (χ4v) is 3.30. The van der Waals surface area contributed by atoms with Crippen LogP contribution in [-0.4, -0.2) is 26.4 Å². The third-order valence-corrected chi connectivity index (χ3v) is 4.44. The minimum Gasteiger partial charge on any atom is -0.493 e. The van der Waals surface area contributed by atoms with Gasteiger partial charge in [0.2, 0.25) is 4.96 Å². The van der Waals surface area contributed by atoms with Gasteiger partial charge in [0.05, 0.1) is 24.0 Å². The number of ether oxygens (including phenoxy) is 1. The van der Waals surface area contributed by atoms with E-state index in [1.165, 1.54) is 11.3 Å². The molecule has 3 aromatic heterocycles. The maximum atomic E-state index is 5.69. The van der Waals surface area contributed by atoms with Crippen LogP contribution in [0.15, 0.2) is 41.0 Å². The summed E-state index contributed by atoms with van der Waals surface area (Å²) in [6, 6.07) is 9.75. The smallest absolute Gasteiger partial charge is 0.235 e. The van der Waals surface area contributed by atoms with Gasteiger partial charge in [-0.15, -0.1) is 10.2 Å². The van der Waals surface area contributed by atoms with Gasteiger partial charge in [-0.05, 0) is 32.0 Å². The number of hydrogen-bond donors (Lipinski definition) is 0. The summed E-state index contributed by atoms with van der Waals surface area (Å²) in [4.78, 5) is 0.738. The van der Waals surface area contributed by atoms with Crippen molar-refractivity contribution >= 4 is 16.3 Å². The Morgan fingerprint density at radius 3 is 2.83 bits per heavy atom. The van der Waals surface area contributed by atoms with Crippen molar-refractivity contribution < 1.29 is 9.15 Å².